The van der Waals surface area contributed by atoms with Gasteiger partial charge in [-0.2, -0.15) is 0 Å². The van der Waals surface area contributed by atoms with E-state index >= 15 is 0 Å². The molecule has 2 N–H and O–H groups in total. The van der Waals surface area contributed by atoms with Gasteiger partial charge in [0, 0.05) is 19.1 Å². The number of piperidine rings is 1. The molecule has 0 bridgehead atoms. The van der Waals surface area contributed by atoms with Crippen LogP contribution >= 0.6 is 0 Å². The van der Waals surface area contributed by atoms with Gasteiger partial charge in [-0.05, 0) is 51.4 Å². The molecular weight excluding hydrogens is 514 g/mol. The van der Waals surface area contributed by atoms with Crippen molar-refractivity contribution in [2.24, 2.45) is 11.3 Å². The number of ether oxygens (including phenoxy) is 2. The van der Waals surface area contributed by atoms with E-state index in [1.54, 1.807) is 25.7 Å². The lowest BCUT2D eigenvalue weighted by Gasteiger charge is -2.35. The fourth-order valence-corrected chi connectivity index (χ4v) is 5.72. The summed E-state index contributed by atoms with van der Waals surface area (Å²) in [6, 6.07) is -1.55. The Balaban J connectivity index is 2.93. The highest BCUT2D eigenvalue weighted by molar-refractivity contribution is 7.91. The highest BCUT2D eigenvalue weighted by atomic mass is 32.2. The minimum absolute atomic E-state index is 0.0491. The molecule has 36 heavy (non-hydrogen) atoms. The monoisotopic (exact) mass is 555 g/mol. The van der Waals surface area contributed by atoms with Crippen LogP contribution in [0.5, 0.6) is 0 Å². The van der Waals surface area contributed by atoms with Crippen LogP contribution in [0.15, 0.2) is 0 Å². The van der Waals surface area contributed by atoms with E-state index < -0.39 is 61.1 Å². The Hall–Kier alpha value is -2.09. The Morgan fingerprint density at radius 3 is 1.94 bits per heavy atom. The second kappa shape index (κ2) is 13.5. The van der Waals surface area contributed by atoms with Crippen LogP contribution in [-0.4, -0.2) is 81.8 Å². The number of amides is 3. The molecule has 1 saturated heterocycles. The van der Waals surface area contributed by atoms with E-state index in [1.165, 1.54) is 13.8 Å². The predicted molar refractivity (Wildman–Crippen MR) is 135 cm³/mol. The van der Waals surface area contributed by atoms with E-state index in [1.807, 2.05) is 13.8 Å². The lowest BCUT2D eigenvalue weighted by atomic mass is 9.87. The van der Waals surface area contributed by atoms with E-state index in [0.29, 0.717) is 25.9 Å². The summed E-state index contributed by atoms with van der Waals surface area (Å²) in [6.45, 7) is 12.6. The highest BCUT2D eigenvalue weighted by Crippen LogP contribution is 2.30. The second-order valence-electron chi connectivity index (χ2n) is 11.1. The summed E-state index contributed by atoms with van der Waals surface area (Å²) >= 11 is 0. The Morgan fingerprint density at radius 2 is 1.50 bits per heavy atom. The normalized spacial score (nSPS) is 16.4. The molecule has 210 valence electrons. The van der Waals surface area contributed by atoms with E-state index in [2.05, 4.69) is 10.6 Å². The van der Waals surface area contributed by atoms with Crippen LogP contribution in [0.25, 0.3) is 0 Å². The molecule has 0 spiro atoms. The molecule has 1 atom stereocenters. The number of likely N-dealkylation sites (tertiary alicyclic amines) is 1. The molecule has 1 aliphatic rings. The minimum atomic E-state index is -3.34. The molecule has 1 fully saturated rings. The predicted octanol–water partition coefficient (Wildman–Crippen LogP) is 1.22. The number of nitrogens with zero attached hydrogens (tertiary/aromatic N) is 1. The van der Waals surface area contributed by atoms with Crippen molar-refractivity contribution < 1.29 is 40.7 Å². The third-order valence-corrected chi connectivity index (χ3v) is 8.81. The molecule has 0 saturated carbocycles. The maximum atomic E-state index is 13.1. The quantitative estimate of drug-likeness (QED) is 0.290. The van der Waals surface area contributed by atoms with Crippen LogP contribution < -0.4 is 10.6 Å². The average molecular weight is 556 g/mol. The van der Waals surface area contributed by atoms with Gasteiger partial charge in [-0.15, -0.1) is 0 Å². The highest BCUT2D eigenvalue weighted by Gasteiger charge is 2.40. The van der Waals surface area contributed by atoms with Gasteiger partial charge >= 0.3 is 12.2 Å². The standard InChI is InChI=1S/C22H41N3O9S2/c1-14(2)13-33-19(27)24-16(12-22(6,7)18(35(29)30)36(31)32)17(26)23-15-8-10-25(11-9-15)20(28)34-21(3,4)5/h14-16,18,35-36H,8-13H2,1-7H3,(H,23,26)(H,24,27). The molecule has 12 nitrogen and oxygen atoms in total. The van der Waals surface area contributed by atoms with E-state index in [9.17, 15) is 31.2 Å². The molecule has 0 aromatic carbocycles. The van der Waals surface area contributed by atoms with Crippen LogP contribution in [0, 0.1) is 11.3 Å². The number of nitrogens with one attached hydrogen (secondary N) is 2. The number of carbonyl (C=O) groups is 3. The second-order valence-corrected chi connectivity index (χ2v) is 13.7. The van der Waals surface area contributed by atoms with Gasteiger partial charge < -0.3 is 25.0 Å². The SMILES string of the molecule is CC(C)COC(=O)NC(CC(C)(C)C([SH](=O)=O)[SH](=O)=O)C(=O)NC1CCN(C(=O)OC(C)(C)C)CC1. The molecule has 1 rings (SSSR count). The number of hydrogen-bond donors (Lipinski definition) is 4. The van der Waals surface area contributed by atoms with Gasteiger partial charge in [-0.25, -0.2) is 26.4 Å². The van der Waals surface area contributed by atoms with Gasteiger partial charge in [0.05, 0.1) is 6.61 Å². The summed E-state index contributed by atoms with van der Waals surface area (Å²) in [7, 11) is -6.67. The van der Waals surface area contributed by atoms with Crippen LogP contribution in [-0.2, 0) is 35.7 Å². The Bertz CT molecular complexity index is 894. The van der Waals surface area contributed by atoms with Crippen molar-refractivity contribution in [3.63, 3.8) is 0 Å². The molecule has 1 aliphatic heterocycles. The number of rotatable bonds is 10. The fourth-order valence-electron chi connectivity index (χ4n) is 3.75. The van der Waals surface area contributed by atoms with E-state index in [4.69, 9.17) is 9.47 Å². The molecular formula is C22H41N3O9S2. The van der Waals surface area contributed by atoms with Gasteiger partial charge in [0.2, 0.25) is 5.91 Å². The van der Waals surface area contributed by atoms with Crippen molar-refractivity contribution in [3.05, 3.63) is 0 Å². The number of thiol groups is 2. The molecule has 0 aliphatic carbocycles. The zero-order valence-corrected chi connectivity index (χ0v) is 23.9. The van der Waals surface area contributed by atoms with E-state index in [0.717, 1.165) is 0 Å². The Kier molecular flexibility index (Phi) is 11.9. The van der Waals surface area contributed by atoms with Gasteiger partial charge in [0.15, 0.2) is 26.0 Å². The molecule has 0 aromatic heterocycles. The largest absolute Gasteiger partial charge is 0.449 e. The van der Waals surface area contributed by atoms with Crippen LogP contribution in [0.4, 0.5) is 9.59 Å². The number of carbonyl (C=O) groups excluding carboxylic acids is 3. The lowest BCUT2D eigenvalue weighted by molar-refractivity contribution is -0.124. The molecule has 14 heteroatoms. The van der Waals surface area contributed by atoms with Crippen molar-refractivity contribution in [2.45, 2.75) is 90.0 Å². The minimum Gasteiger partial charge on any atom is -0.449 e. The molecule has 0 aromatic rings. The van der Waals surface area contributed by atoms with Crippen molar-refractivity contribution >= 4 is 39.5 Å². The molecule has 3 amide bonds. The summed E-state index contributed by atoms with van der Waals surface area (Å²) in [4.78, 5) is 39.3. The summed E-state index contributed by atoms with van der Waals surface area (Å²) in [5.41, 5.74) is -2.00. The third kappa shape index (κ3) is 10.9. The summed E-state index contributed by atoms with van der Waals surface area (Å²) in [5, 5.41) is 5.28. The zero-order chi connectivity index (χ0) is 27.8. The molecule has 0 radical (unpaired) electrons. The molecule has 1 heterocycles. The van der Waals surface area contributed by atoms with Crippen LogP contribution in [0.1, 0.15) is 67.7 Å². The maximum Gasteiger partial charge on any atom is 0.410 e. The lowest BCUT2D eigenvalue weighted by Crippen LogP contribution is -2.54. The maximum absolute atomic E-state index is 13.1. The first-order valence-electron chi connectivity index (χ1n) is 11.9. The molecule has 1 unspecified atom stereocenters. The summed E-state index contributed by atoms with van der Waals surface area (Å²) < 4.78 is 55.3. The summed E-state index contributed by atoms with van der Waals surface area (Å²) in [5.74, 6) is -0.547. The average Bonchev–Trinajstić information content (AvgIpc) is 2.69. The van der Waals surface area contributed by atoms with Gasteiger partial charge in [-0.3, -0.25) is 4.79 Å². The first-order valence-corrected chi connectivity index (χ1v) is 14.4. The Labute approximate surface area is 216 Å². The number of hydrogen-bond acceptors (Lipinski definition) is 9. The zero-order valence-electron chi connectivity index (χ0n) is 22.1. The van der Waals surface area contributed by atoms with Crippen molar-refractivity contribution in [3.8, 4) is 0 Å². The van der Waals surface area contributed by atoms with Gasteiger partial charge in [-0.1, -0.05) is 27.7 Å². The van der Waals surface area contributed by atoms with Crippen LogP contribution in [0.3, 0.4) is 0 Å². The topological polar surface area (TPSA) is 165 Å². The summed E-state index contributed by atoms with van der Waals surface area (Å²) in [6.07, 6.45) is -0.676. The van der Waals surface area contributed by atoms with Crippen molar-refractivity contribution in [1.29, 1.82) is 0 Å². The van der Waals surface area contributed by atoms with Gasteiger partial charge in [0.1, 0.15) is 11.6 Å². The van der Waals surface area contributed by atoms with Crippen LogP contribution in [0.2, 0.25) is 0 Å². The smallest absolute Gasteiger partial charge is 0.410 e. The van der Waals surface area contributed by atoms with E-state index in [-0.39, 0.29) is 25.0 Å². The Morgan fingerprint density at radius 1 is 0.972 bits per heavy atom. The first-order chi connectivity index (χ1) is 16.4. The van der Waals surface area contributed by atoms with Crippen molar-refractivity contribution in [2.75, 3.05) is 19.7 Å². The van der Waals surface area contributed by atoms with Crippen molar-refractivity contribution in [1.82, 2.24) is 15.5 Å². The fraction of sp³-hybridized carbons (Fsp3) is 0.864. The number of alkyl carbamates (subject to hydrolysis) is 1. The third-order valence-electron chi connectivity index (χ3n) is 5.48. The van der Waals surface area contributed by atoms with Gasteiger partial charge in [0.25, 0.3) is 0 Å². The first kappa shape index (κ1) is 31.9.